The number of fused-ring (bicyclic) bond motifs is 1. The molecule has 0 fully saturated rings. The Kier molecular flexibility index (Phi) is 9.60. The van der Waals surface area contributed by atoms with Crippen molar-refractivity contribution in [3.63, 3.8) is 0 Å². The number of hydrogen-bond acceptors (Lipinski definition) is 6. The van der Waals surface area contributed by atoms with Crippen molar-refractivity contribution in [1.29, 1.82) is 0 Å². The highest BCUT2D eigenvalue weighted by atomic mass is 16.5. The molecule has 0 spiro atoms. The number of aliphatic hydroxyl groups is 2. The van der Waals surface area contributed by atoms with Gasteiger partial charge in [-0.1, -0.05) is 55.9 Å². The summed E-state index contributed by atoms with van der Waals surface area (Å²) >= 11 is 0. The van der Waals surface area contributed by atoms with Gasteiger partial charge in [0, 0.05) is 30.2 Å². The predicted octanol–water partition coefficient (Wildman–Crippen LogP) is 4.48. The van der Waals surface area contributed by atoms with Crippen LogP contribution in [0.2, 0.25) is 0 Å². The van der Waals surface area contributed by atoms with Gasteiger partial charge in [-0.15, -0.1) is 0 Å². The lowest BCUT2D eigenvalue weighted by Gasteiger charge is -2.31. The number of aliphatic hydroxyl groups excluding tert-OH is 2. The molecule has 0 radical (unpaired) electrons. The molecule has 37 heavy (non-hydrogen) atoms. The summed E-state index contributed by atoms with van der Waals surface area (Å²) in [5, 5.41) is 35.7. The van der Waals surface area contributed by atoms with Crippen LogP contribution in [0.4, 0.5) is 0 Å². The molecule has 1 aromatic rings. The number of nitrogens with two attached hydrogens (primary N) is 1. The summed E-state index contributed by atoms with van der Waals surface area (Å²) in [7, 11) is 0. The molecule has 6 unspecified atom stereocenters. The van der Waals surface area contributed by atoms with E-state index in [-0.39, 0.29) is 23.5 Å². The molecule has 0 saturated heterocycles. The Morgan fingerprint density at radius 3 is 2.76 bits per heavy atom. The summed E-state index contributed by atoms with van der Waals surface area (Å²) in [6.45, 7) is 3.39. The number of hydrogen-bond donors (Lipinski definition) is 5. The Balaban J connectivity index is 1.45. The second-order valence-corrected chi connectivity index (χ2v) is 10.6. The van der Waals surface area contributed by atoms with Crippen molar-refractivity contribution >= 4 is 0 Å². The summed E-state index contributed by atoms with van der Waals surface area (Å²) in [6, 6.07) is 5.42. The molecule has 1 aromatic carbocycles. The van der Waals surface area contributed by atoms with Gasteiger partial charge in [-0.05, 0) is 67.9 Å². The van der Waals surface area contributed by atoms with Crippen molar-refractivity contribution in [3.8, 4) is 23.3 Å². The van der Waals surface area contributed by atoms with E-state index < -0.39 is 12.2 Å². The highest BCUT2D eigenvalue weighted by molar-refractivity contribution is 5.44. The third-order valence-corrected chi connectivity index (χ3v) is 7.89. The number of allylic oxidation sites excluding steroid dienone is 4. The largest absolute Gasteiger partial charge is 0.504 e. The van der Waals surface area contributed by atoms with E-state index in [0.717, 1.165) is 50.6 Å². The Bertz CT molecular complexity index is 1070. The van der Waals surface area contributed by atoms with Gasteiger partial charge in [0.05, 0.1) is 24.6 Å². The minimum Gasteiger partial charge on any atom is -0.504 e. The average molecular weight is 507 g/mol. The van der Waals surface area contributed by atoms with Crippen LogP contribution in [0.25, 0.3) is 0 Å². The van der Waals surface area contributed by atoms with Gasteiger partial charge in [0.15, 0.2) is 11.5 Å². The number of benzene rings is 1. The number of rotatable bonds is 7. The van der Waals surface area contributed by atoms with Crippen molar-refractivity contribution in [3.05, 3.63) is 59.5 Å². The maximum Gasteiger partial charge on any atom is 0.161 e. The fourth-order valence-corrected chi connectivity index (χ4v) is 5.65. The van der Waals surface area contributed by atoms with E-state index >= 15 is 0 Å². The molecule has 2 aliphatic carbocycles. The maximum absolute atomic E-state index is 11.3. The zero-order chi connectivity index (χ0) is 26.2. The smallest absolute Gasteiger partial charge is 0.161 e. The van der Waals surface area contributed by atoms with Crippen LogP contribution in [0.1, 0.15) is 69.8 Å². The number of nitrogens with one attached hydrogen (secondary N) is 1. The molecule has 6 nitrogen and oxygen atoms in total. The van der Waals surface area contributed by atoms with Gasteiger partial charge in [-0.3, -0.25) is 0 Å². The zero-order valence-electron chi connectivity index (χ0n) is 21.9. The molecule has 200 valence electrons. The lowest BCUT2D eigenvalue weighted by atomic mass is 9.79. The van der Waals surface area contributed by atoms with Gasteiger partial charge in [0.25, 0.3) is 0 Å². The van der Waals surface area contributed by atoms with Crippen LogP contribution < -0.4 is 15.8 Å². The van der Waals surface area contributed by atoms with Crippen molar-refractivity contribution < 1.29 is 20.1 Å². The molecule has 1 aliphatic heterocycles. The molecule has 6 heteroatoms. The van der Waals surface area contributed by atoms with E-state index in [1.165, 1.54) is 5.57 Å². The minimum atomic E-state index is -0.675. The number of phenolic OH excluding ortho intramolecular Hbond substituents is 1. The summed E-state index contributed by atoms with van der Waals surface area (Å²) in [4.78, 5) is 0. The molecular weight excluding hydrogens is 464 g/mol. The molecule has 3 aliphatic rings. The van der Waals surface area contributed by atoms with Crippen molar-refractivity contribution in [2.45, 2.75) is 76.4 Å². The number of phenols is 1. The van der Waals surface area contributed by atoms with Crippen LogP contribution in [-0.2, 0) is 0 Å². The Labute approximate surface area is 221 Å². The number of aromatic hydroxyl groups is 1. The number of ether oxygens (including phenoxy) is 1. The molecule has 6 N–H and O–H groups in total. The first-order valence-electron chi connectivity index (χ1n) is 13.9. The summed E-state index contributed by atoms with van der Waals surface area (Å²) in [5.74, 6) is 7.92. The quantitative estimate of drug-likeness (QED) is 0.212. The van der Waals surface area contributed by atoms with Crippen LogP contribution >= 0.6 is 0 Å². The average Bonchev–Trinajstić information content (AvgIpc) is 3.05. The number of dihydropyridines is 1. The molecule has 0 amide bonds. The highest BCUT2D eigenvalue weighted by Gasteiger charge is 2.36. The van der Waals surface area contributed by atoms with E-state index in [4.69, 9.17) is 10.5 Å². The molecule has 6 atom stereocenters. The Hall–Kier alpha value is -2.88. The first-order valence-corrected chi connectivity index (χ1v) is 13.9. The van der Waals surface area contributed by atoms with Crippen LogP contribution in [0, 0.1) is 29.6 Å². The van der Waals surface area contributed by atoms with Gasteiger partial charge in [-0.25, -0.2) is 0 Å². The van der Waals surface area contributed by atoms with Crippen molar-refractivity contribution in [2.75, 3.05) is 13.2 Å². The normalized spacial score (nSPS) is 29.9. The van der Waals surface area contributed by atoms with Gasteiger partial charge < -0.3 is 31.1 Å². The van der Waals surface area contributed by atoms with E-state index in [1.807, 2.05) is 18.2 Å². The third kappa shape index (κ3) is 7.34. The molecule has 1 heterocycles. The lowest BCUT2D eigenvalue weighted by molar-refractivity contribution is -0.00705. The monoisotopic (exact) mass is 506 g/mol. The van der Waals surface area contributed by atoms with Crippen molar-refractivity contribution in [2.24, 2.45) is 23.5 Å². The molecule has 4 rings (SSSR count). The summed E-state index contributed by atoms with van der Waals surface area (Å²) < 4.78 is 5.95. The lowest BCUT2D eigenvalue weighted by Crippen LogP contribution is -2.36. The molecule has 0 aromatic heterocycles. The van der Waals surface area contributed by atoms with Crippen LogP contribution in [0.5, 0.6) is 11.5 Å². The van der Waals surface area contributed by atoms with Crippen molar-refractivity contribution in [1.82, 2.24) is 5.32 Å². The maximum atomic E-state index is 11.3. The topological polar surface area (TPSA) is 108 Å². The summed E-state index contributed by atoms with van der Waals surface area (Å²) in [6.07, 6.45) is 14.0. The first-order chi connectivity index (χ1) is 17.9. The molecule has 0 bridgehead atoms. The van der Waals surface area contributed by atoms with E-state index in [9.17, 15) is 15.3 Å². The summed E-state index contributed by atoms with van der Waals surface area (Å²) in [5.41, 5.74) is 7.99. The second-order valence-electron chi connectivity index (χ2n) is 10.6. The highest BCUT2D eigenvalue weighted by Crippen LogP contribution is 2.38. The van der Waals surface area contributed by atoms with Gasteiger partial charge in [-0.2, -0.15) is 0 Å². The third-order valence-electron chi connectivity index (χ3n) is 7.89. The fraction of sp³-hybridized carbons (Fsp3) is 0.548. The first kappa shape index (κ1) is 27.2. The SMILES string of the molecule is CCC1C#CC2C=CC(c3ccc(O)c(OCCCC4=CCNC(N)=C4)c3)CC(O)C2C(O)CCCC1. The zero-order valence-corrected chi connectivity index (χ0v) is 21.9. The molecule has 0 saturated carbocycles. The fourth-order valence-electron chi connectivity index (χ4n) is 5.65. The van der Waals surface area contributed by atoms with Crippen LogP contribution in [-0.4, -0.2) is 40.7 Å². The van der Waals surface area contributed by atoms with E-state index in [0.29, 0.717) is 36.9 Å². The van der Waals surface area contributed by atoms with Gasteiger partial charge >= 0.3 is 0 Å². The Morgan fingerprint density at radius 1 is 1.11 bits per heavy atom. The van der Waals surface area contributed by atoms with Gasteiger partial charge in [0.2, 0.25) is 0 Å². The van der Waals surface area contributed by atoms with Crippen LogP contribution in [0.15, 0.2) is 53.9 Å². The van der Waals surface area contributed by atoms with E-state index in [2.05, 4.69) is 42.3 Å². The van der Waals surface area contributed by atoms with E-state index in [1.54, 1.807) is 6.07 Å². The van der Waals surface area contributed by atoms with Crippen LogP contribution in [0.3, 0.4) is 0 Å². The predicted molar refractivity (Wildman–Crippen MR) is 147 cm³/mol. The molecular formula is C31H42N2O4. The second kappa shape index (κ2) is 13.1. The minimum absolute atomic E-state index is 0.0560. The standard InChI is InChI=1S/C31H42N2O4/c1-2-21-6-3-4-8-27(35)31-23(10-9-21)11-12-24(19-28(31)36)25-13-14-26(34)29(20-25)37-17-5-7-22-15-16-33-30(32)18-22/h11-15,18,20-21,23-24,27-28,31,33-36H,2-8,16-17,19,32H2,1H3. The van der Waals surface area contributed by atoms with Gasteiger partial charge in [0.1, 0.15) is 0 Å². The Morgan fingerprint density at radius 2 is 1.95 bits per heavy atom.